The Morgan fingerprint density at radius 2 is 1.66 bits per heavy atom. The van der Waals surface area contributed by atoms with Crippen LogP contribution in [0.2, 0.25) is 0 Å². The molecule has 0 radical (unpaired) electrons. The van der Waals surface area contributed by atoms with E-state index >= 15 is 0 Å². The molecule has 2 heterocycles. The monoisotopic (exact) mass is 507 g/mol. The van der Waals surface area contributed by atoms with E-state index in [1.54, 1.807) is 0 Å². The maximum Gasteiger partial charge on any atom is 0.326 e. The number of carbonyl (C=O) groups is 4. The molecule has 3 aromatic carbocycles. The van der Waals surface area contributed by atoms with Crippen LogP contribution in [-0.4, -0.2) is 46.3 Å². The number of Topliss-reactive ketones (excluding diaryl/α,β-unsaturated/α-hetero) is 1. The summed E-state index contributed by atoms with van der Waals surface area (Å²) < 4.78 is 7.27. The van der Waals surface area contributed by atoms with E-state index in [-0.39, 0.29) is 5.78 Å². The number of urea groups is 1. The molecule has 3 amide bonds. The normalized spacial score (nSPS) is 18.2. The first-order valence-corrected chi connectivity index (χ1v) is 12.4. The summed E-state index contributed by atoms with van der Waals surface area (Å²) in [6, 6.07) is 23.9. The van der Waals surface area contributed by atoms with Crippen LogP contribution in [0.4, 0.5) is 4.79 Å². The first-order chi connectivity index (χ1) is 18.4. The molecule has 1 fully saturated rings. The molecule has 1 N–H and O–H groups in total. The summed E-state index contributed by atoms with van der Waals surface area (Å²) in [5, 5.41) is 3.55. The van der Waals surface area contributed by atoms with Crippen LogP contribution in [0.3, 0.4) is 0 Å². The number of benzene rings is 3. The summed E-state index contributed by atoms with van der Waals surface area (Å²) >= 11 is 0. The molecule has 1 spiro atoms. The Bertz CT molecular complexity index is 1620. The Kier molecular flexibility index (Phi) is 5.60. The number of ether oxygens (including phenoxy) is 1. The first-order valence-electron chi connectivity index (χ1n) is 12.4. The molecule has 2 aliphatic rings. The van der Waals surface area contributed by atoms with Gasteiger partial charge in [-0.25, -0.2) is 4.79 Å². The van der Waals surface area contributed by atoms with Crippen molar-refractivity contribution in [3.63, 3.8) is 0 Å². The summed E-state index contributed by atoms with van der Waals surface area (Å²) in [5.74, 6) is -1.67. The van der Waals surface area contributed by atoms with Gasteiger partial charge in [0, 0.05) is 18.0 Å². The third-order valence-electron chi connectivity index (χ3n) is 7.51. The molecule has 1 saturated heterocycles. The number of esters is 1. The van der Waals surface area contributed by atoms with Crippen LogP contribution in [0.1, 0.15) is 27.9 Å². The molecule has 1 aliphatic heterocycles. The first kappa shape index (κ1) is 23.7. The van der Waals surface area contributed by atoms with Crippen molar-refractivity contribution in [2.24, 2.45) is 7.05 Å². The number of nitrogens with zero attached hydrogens (tertiary/aromatic N) is 2. The number of aryl methyl sites for hydroxylation is 2. The van der Waals surface area contributed by atoms with E-state index in [4.69, 9.17) is 4.74 Å². The van der Waals surface area contributed by atoms with Crippen molar-refractivity contribution in [1.29, 1.82) is 0 Å². The van der Waals surface area contributed by atoms with Crippen molar-refractivity contribution in [3.05, 3.63) is 95.6 Å². The SMILES string of the molecule is Cn1c(-c2ccccc2)c(C(=O)COC(=O)CN2C(=O)N[C@]3(CCc4ccccc43)C2=O)c2ccccc21. The minimum absolute atomic E-state index is 0.368. The second-order valence-corrected chi connectivity index (χ2v) is 9.63. The number of amides is 3. The molecule has 8 heteroatoms. The lowest BCUT2D eigenvalue weighted by Gasteiger charge is -2.22. The Morgan fingerprint density at radius 1 is 0.947 bits per heavy atom. The average Bonchev–Trinajstić information content (AvgIpc) is 3.54. The number of hydrogen-bond donors (Lipinski definition) is 1. The van der Waals surface area contributed by atoms with Crippen molar-refractivity contribution in [1.82, 2.24) is 14.8 Å². The number of carbonyl (C=O) groups excluding carboxylic acids is 4. The van der Waals surface area contributed by atoms with Gasteiger partial charge in [0.1, 0.15) is 12.1 Å². The number of hydrogen-bond acceptors (Lipinski definition) is 5. The van der Waals surface area contributed by atoms with Crippen molar-refractivity contribution in [3.8, 4) is 11.3 Å². The highest BCUT2D eigenvalue weighted by molar-refractivity contribution is 6.15. The second-order valence-electron chi connectivity index (χ2n) is 9.63. The standard InChI is InChI=1S/C30H25N3O5/c1-32-23-14-8-6-12-21(23)26(27(32)20-10-3-2-4-11-20)24(34)18-38-25(35)17-33-28(36)30(31-29(33)37)16-15-19-9-5-7-13-22(19)30/h2-14H,15-18H2,1H3,(H,31,37)/t30-/m0/s1. The fourth-order valence-corrected chi connectivity index (χ4v) is 5.74. The average molecular weight is 508 g/mol. The number of nitrogens with one attached hydrogen (secondary N) is 1. The topological polar surface area (TPSA) is 97.7 Å². The summed E-state index contributed by atoms with van der Waals surface area (Å²) in [5.41, 5.74) is 3.53. The van der Waals surface area contributed by atoms with Crippen LogP contribution in [0, 0.1) is 0 Å². The van der Waals surface area contributed by atoms with E-state index in [1.165, 1.54) is 0 Å². The van der Waals surface area contributed by atoms with Crippen molar-refractivity contribution >= 4 is 34.6 Å². The minimum Gasteiger partial charge on any atom is -0.456 e. The van der Waals surface area contributed by atoms with Crippen molar-refractivity contribution in [2.45, 2.75) is 18.4 Å². The largest absolute Gasteiger partial charge is 0.456 e. The fourth-order valence-electron chi connectivity index (χ4n) is 5.74. The Morgan fingerprint density at radius 3 is 2.47 bits per heavy atom. The van der Waals surface area contributed by atoms with Gasteiger partial charge >= 0.3 is 12.0 Å². The quantitative estimate of drug-likeness (QED) is 0.242. The Labute approximate surface area is 218 Å². The van der Waals surface area contributed by atoms with E-state index in [0.29, 0.717) is 18.4 Å². The van der Waals surface area contributed by atoms with Crippen LogP contribution in [-0.2, 0) is 33.3 Å². The molecule has 0 unspecified atom stereocenters. The van der Waals surface area contributed by atoms with Crippen LogP contribution in [0.25, 0.3) is 22.2 Å². The number of aromatic nitrogens is 1. The van der Waals surface area contributed by atoms with Crippen LogP contribution in [0.15, 0.2) is 78.9 Å². The lowest BCUT2D eigenvalue weighted by atomic mass is 9.92. The Hall–Kier alpha value is -4.72. The highest BCUT2D eigenvalue weighted by Crippen LogP contribution is 2.41. The summed E-state index contributed by atoms with van der Waals surface area (Å²) in [7, 11) is 1.89. The van der Waals surface area contributed by atoms with Gasteiger partial charge in [0.05, 0.1) is 11.3 Å². The Balaban J connectivity index is 1.20. The predicted octanol–water partition coefficient (Wildman–Crippen LogP) is 3.96. The number of rotatable bonds is 6. The molecule has 4 aromatic rings. The van der Waals surface area contributed by atoms with Gasteiger partial charge in [-0.3, -0.25) is 19.3 Å². The fraction of sp³-hybridized carbons (Fsp3) is 0.200. The smallest absolute Gasteiger partial charge is 0.326 e. The number of fused-ring (bicyclic) bond motifs is 3. The zero-order valence-electron chi connectivity index (χ0n) is 20.8. The number of para-hydroxylation sites is 1. The van der Waals surface area contributed by atoms with E-state index < -0.39 is 36.6 Å². The summed E-state index contributed by atoms with van der Waals surface area (Å²) in [6.45, 7) is -1.08. The molecule has 8 nitrogen and oxygen atoms in total. The van der Waals surface area contributed by atoms with E-state index in [1.807, 2.05) is 90.5 Å². The third-order valence-corrected chi connectivity index (χ3v) is 7.51. The number of imide groups is 1. The predicted molar refractivity (Wildman–Crippen MR) is 140 cm³/mol. The molecular formula is C30H25N3O5. The van der Waals surface area contributed by atoms with Crippen molar-refractivity contribution < 1.29 is 23.9 Å². The van der Waals surface area contributed by atoms with E-state index in [2.05, 4.69) is 5.32 Å². The van der Waals surface area contributed by atoms with Gasteiger partial charge in [0.25, 0.3) is 5.91 Å². The van der Waals surface area contributed by atoms with Gasteiger partial charge in [-0.1, -0.05) is 72.8 Å². The number of ketones is 1. The highest BCUT2D eigenvalue weighted by atomic mass is 16.5. The van der Waals surface area contributed by atoms with E-state index in [0.717, 1.165) is 38.2 Å². The molecule has 6 rings (SSSR count). The second kappa shape index (κ2) is 8.99. The maximum atomic E-state index is 13.4. The molecule has 0 bridgehead atoms. The third kappa shape index (κ3) is 3.60. The van der Waals surface area contributed by atoms with Gasteiger partial charge in [0.15, 0.2) is 6.61 Å². The zero-order valence-corrected chi connectivity index (χ0v) is 20.8. The van der Waals surface area contributed by atoms with Gasteiger partial charge in [-0.15, -0.1) is 0 Å². The summed E-state index contributed by atoms with van der Waals surface area (Å²) in [6.07, 6.45) is 1.09. The van der Waals surface area contributed by atoms with Crippen LogP contribution in [0.5, 0.6) is 0 Å². The van der Waals surface area contributed by atoms with E-state index in [9.17, 15) is 19.2 Å². The molecule has 1 atom stereocenters. The molecule has 1 aliphatic carbocycles. The lowest BCUT2D eigenvalue weighted by molar-refractivity contribution is -0.146. The minimum atomic E-state index is -1.16. The van der Waals surface area contributed by atoms with Gasteiger partial charge in [0.2, 0.25) is 5.78 Å². The molecule has 1 aromatic heterocycles. The maximum absolute atomic E-state index is 13.4. The van der Waals surface area contributed by atoms with Crippen molar-refractivity contribution in [2.75, 3.05) is 13.2 Å². The molecular weight excluding hydrogens is 482 g/mol. The van der Waals surface area contributed by atoms with Gasteiger partial charge < -0.3 is 14.6 Å². The highest BCUT2D eigenvalue weighted by Gasteiger charge is 2.55. The zero-order chi connectivity index (χ0) is 26.4. The molecule has 190 valence electrons. The molecule has 0 saturated carbocycles. The van der Waals surface area contributed by atoms with Gasteiger partial charge in [-0.05, 0) is 35.6 Å². The van der Waals surface area contributed by atoms with Gasteiger partial charge in [-0.2, -0.15) is 0 Å². The lowest BCUT2D eigenvalue weighted by Crippen LogP contribution is -2.42. The van der Waals surface area contributed by atoms with Crippen LogP contribution >= 0.6 is 0 Å². The summed E-state index contributed by atoms with van der Waals surface area (Å²) in [4.78, 5) is 53.1. The molecule has 38 heavy (non-hydrogen) atoms. The van der Waals surface area contributed by atoms with Crippen LogP contribution < -0.4 is 5.32 Å².